The van der Waals surface area contributed by atoms with Crippen LogP contribution in [0, 0.1) is 11.6 Å². The van der Waals surface area contributed by atoms with Crippen molar-refractivity contribution in [2.24, 2.45) is 7.05 Å². The smallest absolute Gasteiger partial charge is 0.271 e. The summed E-state index contributed by atoms with van der Waals surface area (Å²) in [4.78, 5) is 28.4. The topological polar surface area (TPSA) is 64.0 Å². The highest BCUT2D eigenvalue weighted by Gasteiger charge is 2.12. The van der Waals surface area contributed by atoms with Gasteiger partial charge in [0.2, 0.25) is 5.91 Å². The van der Waals surface area contributed by atoms with E-state index in [0.717, 1.165) is 30.0 Å². The number of hydrogen-bond donors (Lipinski definition) is 1. The number of carbonyl (C=O) groups is 1. The SMILES string of the molecule is Cn1c(SCC(=O)Nc2cc(F)cc(F)c2)nc2ccsc2c1=O. The Kier molecular flexibility index (Phi) is 4.63. The molecule has 24 heavy (non-hydrogen) atoms. The number of halogens is 2. The number of anilines is 1. The molecule has 9 heteroatoms. The van der Waals surface area contributed by atoms with Gasteiger partial charge in [0.05, 0.1) is 11.3 Å². The zero-order valence-corrected chi connectivity index (χ0v) is 14.0. The second-order valence-electron chi connectivity index (χ2n) is 4.89. The number of thiophene rings is 1. The van der Waals surface area contributed by atoms with E-state index in [1.807, 2.05) is 0 Å². The number of benzene rings is 1. The minimum atomic E-state index is -0.773. The van der Waals surface area contributed by atoms with Crippen LogP contribution >= 0.6 is 23.1 Å². The molecule has 3 aromatic rings. The molecule has 0 bridgehead atoms. The zero-order valence-electron chi connectivity index (χ0n) is 12.4. The molecule has 5 nitrogen and oxygen atoms in total. The lowest BCUT2D eigenvalue weighted by Gasteiger charge is -2.08. The molecular weight excluding hydrogens is 356 g/mol. The average molecular weight is 367 g/mol. The Morgan fingerprint density at radius 3 is 2.75 bits per heavy atom. The molecule has 0 radical (unpaired) electrons. The summed E-state index contributed by atoms with van der Waals surface area (Å²) >= 11 is 2.38. The Bertz CT molecular complexity index is 964. The lowest BCUT2D eigenvalue weighted by Crippen LogP contribution is -2.20. The van der Waals surface area contributed by atoms with Crippen molar-refractivity contribution in [1.29, 1.82) is 0 Å². The minimum Gasteiger partial charge on any atom is -0.325 e. The van der Waals surface area contributed by atoms with Gasteiger partial charge in [-0.05, 0) is 23.6 Å². The van der Waals surface area contributed by atoms with Crippen LogP contribution in [-0.4, -0.2) is 21.2 Å². The van der Waals surface area contributed by atoms with Crippen LogP contribution in [0.1, 0.15) is 0 Å². The van der Waals surface area contributed by atoms with Crippen molar-refractivity contribution < 1.29 is 13.6 Å². The second kappa shape index (κ2) is 6.70. The van der Waals surface area contributed by atoms with E-state index in [-0.39, 0.29) is 17.0 Å². The molecule has 2 aromatic heterocycles. The largest absolute Gasteiger partial charge is 0.325 e. The molecule has 0 spiro atoms. The summed E-state index contributed by atoms with van der Waals surface area (Å²) in [6.45, 7) is 0. The highest BCUT2D eigenvalue weighted by molar-refractivity contribution is 7.99. The number of amides is 1. The molecule has 1 aromatic carbocycles. The maximum atomic E-state index is 13.1. The molecule has 0 saturated carbocycles. The molecule has 0 unspecified atom stereocenters. The number of nitrogens with one attached hydrogen (secondary N) is 1. The second-order valence-corrected chi connectivity index (χ2v) is 6.75. The van der Waals surface area contributed by atoms with E-state index < -0.39 is 17.5 Å². The number of aromatic nitrogens is 2. The van der Waals surface area contributed by atoms with Gasteiger partial charge in [-0.3, -0.25) is 14.2 Å². The summed E-state index contributed by atoms with van der Waals surface area (Å²) in [6.07, 6.45) is 0. The fraction of sp³-hybridized carbons (Fsp3) is 0.133. The minimum absolute atomic E-state index is 0.0354. The van der Waals surface area contributed by atoms with E-state index >= 15 is 0 Å². The molecule has 3 rings (SSSR count). The summed E-state index contributed by atoms with van der Waals surface area (Å²) in [5.74, 6) is -2.05. The molecule has 1 N–H and O–H groups in total. The Morgan fingerprint density at radius 1 is 1.33 bits per heavy atom. The summed E-state index contributed by atoms with van der Waals surface area (Å²) in [7, 11) is 1.58. The van der Waals surface area contributed by atoms with E-state index in [9.17, 15) is 18.4 Å². The zero-order chi connectivity index (χ0) is 17.3. The van der Waals surface area contributed by atoms with Crippen molar-refractivity contribution >= 4 is 44.9 Å². The standard InChI is InChI=1S/C15H11F2N3O2S2/c1-20-14(22)13-11(2-3-23-13)19-15(20)24-7-12(21)18-10-5-8(16)4-9(17)6-10/h2-6H,7H2,1H3,(H,18,21). The van der Waals surface area contributed by atoms with Crippen molar-refractivity contribution in [2.75, 3.05) is 11.1 Å². The number of fused-ring (bicyclic) bond motifs is 1. The summed E-state index contributed by atoms with van der Waals surface area (Å²) in [5.41, 5.74) is 0.441. The van der Waals surface area contributed by atoms with Crippen LogP contribution in [0.15, 0.2) is 39.6 Å². The molecule has 0 aliphatic rings. The van der Waals surface area contributed by atoms with Gasteiger partial charge in [-0.2, -0.15) is 0 Å². The number of thioether (sulfide) groups is 1. The summed E-state index contributed by atoms with van der Waals surface area (Å²) in [6, 6.07) is 4.51. The predicted octanol–water partition coefficient (Wildman–Crippen LogP) is 3.00. The first-order chi connectivity index (χ1) is 11.4. The van der Waals surface area contributed by atoms with Crippen LogP contribution in [0.2, 0.25) is 0 Å². The van der Waals surface area contributed by atoms with Gasteiger partial charge in [0.1, 0.15) is 16.3 Å². The average Bonchev–Trinajstić information content (AvgIpc) is 2.97. The molecule has 124 valence electrons. The first kappa shape index (κ1) is 16.6. The first-order valence-electron chi connectivity index (χ1n) is 6.77. The van der Waals surface area contributed by atoms with E-state index in [1.54, 1.807) is 18.5 Å². The Balaban J connectivity index is 1.72. The maximum absolute atomic E-state index is 13.1. The van der Waals surface area contributed by atoms with E-state index in [4.69, 9.17) is 0 Å². The number of hydrogen-bond acceptors (Lipinski definition) is 5. The maximum Gasteiger partial charge on any atom is 0.271 e. The lowest BCUT2D eigenvalue weighted by molar-refractivity contribution is -0.113. The summed E-state index contributed by atoms with van der Waals surface area (Å²) < 4.78 is 28.1. The van der Waals surface area contributed by atoms with Gasteiger partial charge in [0, 0.05) is 18.8 Å². The van der Waals surface area contributed by atoms with Gasteiger partial charge in [-0.25, -0.2) is 13.8 Å². The van der Waals surface area contributed by atoms with Gasteiger partial charge >= 0.3 is 0 Å². The van der Waals surface area contributed by atoms with E-state index in [0.29, 0.717) is 15.4 Å². The van der Waals surface area contributed by atoms with Crippen LogP contribution in [-0.2, 0) is 11.8 Å². The molecule has 0 saturated heterocycles. The van der Waals surface area contributed by atoms with Crippen LogP contribution in [0.25, 0.3) is 10.2 Å². The molecule has 0 aliphatic heterocycles. The molecule has 0 atom stereocenters. The predicted molar refractivity (Wildman–Crippen MR) is 90.6 cm³/mol. The van der Waals surface area contributed by atoms with E-state index in [1.165, 1.54) is 15.9 Å². The summed E-state index contributed by atoms with van der Waals surface area (Å²) in [5, 5.41) is 4.58. The van der Waals surface area contributed by atoms with Gasteiger partial charge < -0.3 is 5.32 Å². The molecular formula is C15H11F2N3O2S2. The van der Waals surface area contributed by atoms with E-state index in [2.05, 4.69) is 10.3 Å². The third-order valence-electron chi connectivity index (χ3n) is 3.13. The van der Waals surface area contributed by atoms with Crippen LogP contribution in [0.3, 0.4) is 0 Å². The van der Waals surface area contributed by atoms with Gasteiger partial charge in [0.25, 0.3) is 5.56 Å². The van der Waals surface area contributed by atoms with Gasteiger partial charge in [0.15, 0.2) is 5.16 Å². The normalized spacial score (nSPS) is 11.0. The fourth-order valence-corrected chi connectivity index (χ4v) is 3.63. The molecule has 1 amide bonds. The van der Waals surface area contributed by atoms with Crippen LogP contribution < -0.4 is 10.9 Å². The number of rotatable bonds is 4. The van der Waals surface area contributed by atoms with Gasteiger partial charge in [-0.15, -0.1) is 11.3 Å². The van der Waals surface area contributed by atoms with Crippen molar-refractivity contribution in [2.45, 2.75) is 5.16 Å². The molecule has 0 aliphatic carbocycles. The lowest BCUT2D eigenvalue weighted by atomic mass is 10.3. The highest BCUT2D eigenvalue weighted by atomic mass is 32.2. The molecule has 0 fully saturated rings. The third-order valence-corrected chi connectivity index (χ3v) is 5.05. The highest BCUT2D eigenvalue weighted by Crippen LogP contribution is 2.20. The fourth-order valence-electron chi connectivity index (χ4n) is 2.05. The number of carbonyl (C=O) groups excluding carboxylic acids is 1. The Hall–Kier alpha value is -2.26. The monoisotopic (exact) mass is 367 g/mol. The molecule has 2 heterocycles. The Morgan fingerprint density at radius 2 is 2.04 bits per heavy atom. The van der Waals surface area contributed by atoms with Gasteiger partial charge in [-0.1, -0.05) is 11.8 Å². The quantitative estimate of drug-likeness (QED) is 0.569. The number of nitrogens with zero attached hydrogens (tertiary/aromatic N) is 2. The van der Waals surface area contributed by atoms with Crippen molar-refractivity contribution in [3.8, 4) is 0 Å². The van der Waals surface area contributed by atoms with Crippen molar-refractivity contribution in [3.63, 3.8) is 0 Å². The van der Waals surface area contributed by atoms with Crippen LogP contribution in [0.5, 0.6) is 0 Å². The van der Waals surface area contributed by atoms with Crippen molar-refractivity contribution in [3.05, 3.63) is 51.6 Å². The third kappa shape index (κ3) is 3.46. The van der Waals surface area contributed by atoms with Crippen molar-refractivity contribution in [1.82, 2.24) is 9.55 Å². The Labute approximate surface area is 143 Å². The first-order valence-corrected chi connectivity index (χ1v) is 8.63. The van der Waals surface area contributed by atoms with Crippen LogP contribution in [0.4, 0.5) is 14.5 Å².